The number of aliphatic hydroxyl groups is 1. The highest BCUT2D eigenvalue weighted by atomic mass is 79.9. The van der Waals surface area contributed by atoms with Crippen LogP contribution in [0.1, 0.15) is 37.6 Å². The Morgan fingerprint density at radius 2 is 1.87 bits per heavy atom. The Morgan fingerprint density at radius 3 is 2.60 bits per heavy atom. The molecule has 156 valence electrons. The maximum atomic E-state index is 9.20. The Morgan fingerprint density at radius 1 is 1.13 bits per heavy atom. The van der Waals surface area contributed by atoms with Crippen molar-refractivity contribution in [3.8, 4) is 0 Å². The standard InChI is InChI=1S/C23H25N5O.BrH/c1-23(2,3)19-10-5-4-9-17(19)18-14-16-8-6-7-11-27(16)22(18)26-20-15-25-28(12-13-29)21(20)24;/h4-11,14-15,24,29H,12-13H2,1-3H3;1H. The van der Waals surface area contributed by atoms with E-state index < -0.39 is 0 Å². The van der Waals surface area contributed by atoms with E-state index in [1.54, 1.807) is 10.9 Å². The Balaban J connectivity index is 0.00000256. The van der Waals surface area contributed by atoms with Crippen molar-refractivity contribution >= 4 is 29.0 Å². The van der Waals surface area contributed by atoms with Crippen molar-refractivity contribution in [2.24, 2.45) is 4.99 Å². The minimum Gasteiger partial charge on any atom is -1.00 e. The van der Waals surface area contributed by atoms with Crippen LogP contribution in [0.5, 0.6) is 0 Å². The van der Waals surface area contributed by atoms with Gasteiger partial charge in [-0.05, 0) is 33.7 Å². The van der Waals surface area contributed by atoms with Crippen LogP contribution >= 0.6 is 0 Å². The monoisotopic (exact) mass is 467 g/mol. The summed E-state index contributed by atoms with van der Waals surface area (Å²) in [5.41, 5.74) is 11.3. The molecule has 0 saturated heterocycles. The molecular weight excluding hydrogens is 442 g/mol. The van der Waals surface area contributed by atoms with Crippen LogP contribution in [0.4, 0.5) is 11.5 Å². The van der Waals surface area contributed by atoms with E-state index in [-0.39, 0.29) is 29.0 Å². The molecule has 0 fully saturated rings. The number of aliphatic hydroxyl groups excluding tert-OH is 1. The third-order valence-corrected chi connectivity index (χ3v) is 5.08. The number of anilines is 1. The van der Waals surface area contributed by atoms with Crippen LogP contribution in [0.2, 0.25) is 0 Å². The van der Waals surface area contributed by atoms with Crippen molar-refractivity contribution in [1.29, 1.82) is 0 Å². The van der Waals surface area contributed by atoms with E-state index in [4.69, 9.17) is 10.7 Å². The fraction of sp³-hybridized carbons (Fsp3) is 0.261. The minimum atomic E-state index is -0.0242. The maximum absolute atomic E-state index is 9.20. The van der Waals surface area contributed by atoms with Gasteiger partial charge in [0.15, 0.2) is 5.82 Å². The third kappa shape index (κ3) is 3.95. The lowest BCUT2D eigenvalue weighted by molar-refractivity contribution is -0.552. The minimum absolute atomic E-state index is 0. The molecule has 3 heterocycles. The van der Waals surface area contributed by atoms with Crippen molar-refractivity contribution in [1.82, 2.24) is 9.78 Å². The van der Waals surface area contributed by atoms with Gasteiger partial charge in [-0.1, -0.05) is 51.1 Å². The number of aromatic nitrogens is 3. The van der Waals surface area contributed by atoms with Crippen LogP contribution in [0.25, 0.3) is 11.6 Å². The summed E-state index contributed by atoms with van der Waals surface area (Å²) in [5.74, 6) is 1.26. The SMILES string of the molecule is CC(C)(C)c1ccccc1C1=Cc2cccc[n+]2C1=Nc1cnn(CCO)c1N.[Br-]. The van der Waals surface area contributed by atoms with Crippen LogP contribution in [0, 0.1) is 0 Å². The van der Waals surface area contributed by atoms with Gasteiger partial charge in [0.1, 0.15) is 11.9 Å². The predicted molar refractivity (Wildman–Crippen MR) is 116 cm³/mol. The Bertz CT molecular complexity index is 1120. The van der Waals surface area contributed by atoms with Gasteiger partial charge in [0, 0.05) is 6.08 Å². The second-order valence-corrected chi connectivity index (χ2v) is 8.15. The number of allylic oxidation sites excluding steroid dienone is 1. The summed E-state index contributed by atoms with van der Waals surface area (Å²) >= 11 is 0. The number of hydrogen-bond acceptors (Lipinski definition) is 4. The average Bonchev–Trinajstić information content (AvgIpc) is 3.23. The Kier molecular flexibility index (Phi) is 6.24. The van der Waals surface area contributed by atoms with Gasteiger partial charge in [-0.25, -0.2) is 4.68 Å². The topological polar surface area (TPSA) is 80.3 Å². The van der Waals surface area contributed by atoms with E-state index in [9.17, 15) is 5.11 Å². The summed E-state index contributed by atoms with van der Waals surface area (Å²) in [6.45, 7) is 6.97. The van der Waals surface area contributed by atoms with E-state index in [2.05, 4.69) is 66.8 Å². The normalized spacial score (nSPS) is 14.4. The molecule has 0 aliphatic carbocycles. The maximum Gasteiger partial charge on any atom is 0.337 e. The van der Waals surface area contributed by atoms with Gasteiger partial charge in [-0.2, -0.15) is 9.67 Å². The number of rotatable bonds is 4. The van der Waals surface area contributed by atoms with Crippen LogP contribution in [0.3, 0.4) is 0 Å². The first-order valence-electron chi connectivity index (χ1n) is 9.74. The molecule has 0 atom stereocenters. The summed E-state index contributed by atoms with van der Waals surface area (Å²) in [6.07, 6.45) is 5.82. The molecular formula is C23H26BrN5O. The number of fused-ring (bicyclic) bond motifs is 1. The molecule has 1 aliphatic rings. The van der Waals surface area contributed by atoms with Gasteiger partial charge in [0.25, 0.3) is 0 Å². The van der Waals surface area contributed by atoms with Crippen LogP contribution in [-0.2, 0) is 12.0 Å². The van der Waals surface area contributed by atoms with Crippen molar-refractivity contribution in [3.63, 3.8) is 0 Å². The lowest BCUT2D eigenvalue weighted by atomic mass is 9.81. The van der Waals surface area contributed by atoms with E-state index >= 15 is 0 Å². The number of halogens is 1. The predicted octanol–water partition coefficient (Wildman–Crippen LogP) is 0.179. The summed E-state index contributed by atoms with van der Waals surface area (Å²) in [4.78, 5) is 4.90. The molecule has 3 aromatic rings. The number of benzene rings is 1. The first-order chi connectivity index (χ1) is 13.9. The first-order valence-corrected chi connectivity index (χ1v) is 9.74. The average molecular weight is 468 g/mol. The molecule has 30 heavy (non-hydrogen) atoms. The molecule has 0 bridgehead atoms. The van der Waals surface area contributed by atoms with Gasteiger partial charge >= 0.3 is 5.84 Å². The molecule has 0 saturated carbocycles. The van der Waals surface area contributed by atoms with E-state index in [0.29, 0.717) is 18.1 Å². The lowest BCUT2D eigenvalue weighted by Crippen LogP contribution is -3.00. The Labute approximate surface area is 187 Å². The zero-order valence-corrected chi connectivity index (χ0v) is 19.0. The van der Waals surface area contributed by atoms with Crippen molar-refractivity contribution in [3.05, 3.63) is 71.7 Å². The van der Waals surface area contributed by atoms with E-state index in [0.717, 1.165) is 22.7 Å². The Hall–Kier alpha value is -2.77. The summed E-state index contributed by atoms with van der Waals surface area (Å²) < 4.78 is 3.63. The highest BCUT2D eigenvalue weighted by molar-refractivity contribution is 6.26. The lowest BCUT2D eigenvalue weighted by Gasteiger charge is -2.22. The first kappa shape index (κ1) is 21.9. The van der Waals surface area contributed by atoms with Crippen molar-refractivity contribution in [2.75, 3.05) is 12.3 Å². The fourth-order valence-corrected chi connectivity index (χ4v) is 3.65. The largest absolute Gasteiger partial charge is 1.00 e. The third-order valence-electron chi connectivity index (χ3n) is 5.08. The summed E-state index contributed by atoms with van der Waals surface area (Å²) in [5, 5.41) is 13.5. The molecule has 6 nitrogen and oxygen atoms in total. The zero-order chi connectivity index (χ0) is 20.6. The van der Waals surface area contributed by atoms with Crippen molar-refractivity contribution < 1.29 is 26.7 Å². The number of hydrogen-bond donors (Lipinski definition) is 2. The molecule has 0 spiro atoms. The van der Waals surface area contributed by atoms with Crippen LogP contribution < -0.4 is 27.3 Å². The van der Waals surface area contributed by atoms with Crippen LogP contribution in [0.15, 0.2) is 59.9 Å². The molecule has 4 rings (SSSR count). The van der Waals surface area contributed by atoms with Crippen LogP contribution in [-0.4, -0.2) is 27.3 Å². The summed E-state index contributed by atoms with van der Waals surface area (Å²) in [7, 11) is 0. The number of nitrogens with zero attached hydrogens (tertiary/aromatic N) is 4. The van der Waals surface area contributed by atoms with Gasteiger partial charge in [-0.3, -0.25) is 0 Å². The smallest absolute Gasteiger partial charge is 0.337 e. The zero-order valence-electron chi connectivity index (χ0n) is 17.4. The van der Waals surface area contributed by atoms with E-state index in [1.807, 2.05) is 18.3 Å². The molecule has 1 aliphatic heterocycles. The van der Waals surface area contributed by atoms with Crippen molar-refractivity contribution in [2.45, 2.75) is 32.7 Å². The second-order valence-electron chi connectivity index (χ2n) is 8.15. The quantitative estimate of drug-likeness (QED) is 0.537. The number of nitrogens with two attached hydrogens (primary N) is 1. The highest BCUT2D eigenvalue weighted by Gasteiger charge is 2.33. The van der Waals surface area contributed by atoms with Gasteiger partial charge in [0.05, 0.1) is 24.9 Å². The number of aliphatic imine (C=N–C) groups is 1. The molecule has 0 radical (unpaired) electrons. The van der Waals surface area contributed by atoms with Gasteiger partial charge in [0.2, 0.25) is 5.69 Å². The number of nitrogen functional groups attached to an aromatic ring is 1. The summed E-state index contributed by atoms with van der Waals surface area (Å²) in [6, 6.07) is 14.5. The van der Waals surface area contributed by atoms with Gasteiger partial charge < -0.3 is 27.8 Å². The molecule has 1 aromatic carbocycles. The van der Waals surface area contributed by atoms with E-state index in [1.165, 1.54) is 5.56 Å². The molecule has 0 unspecified atom stereocenters. The highest BCUT2D eigenvalue weighted by Crippen LogP contribution is 2.34. The molecule has 0 amide bonds. The second kappa shape index (κ2) is 8.53. The van der Waals surface area contributed by atoms with Gasteiger partial charge in [-0.15, -0.1) is 0 Å². The molecule has 2 aromatic heterocycles. The number of pyridine rings is 1. The molecule has 7 heteroatoms. The molecule has 3 N–H and O–H groups in total. The fourth-order valence-electron chi connectivity index (χ4n) is 3.65.